The van der Waals surface area contributed by atoms with Crippen LogP contribution in [0.3, 0.4) is 0 Å². The Balaban J connectivity index is 3.68. The van der Waals surface area contributed by atoms with E-state index in [0.717, 1.165) is 6.42 Å². The fourth-order valence-electron chi connectivity index (χ4n) is 1.03. The molecule has 0 saturated heterocycles. The third kappa shape index (κ3) is 2.98. The Kier molecular flexibility index (Phi) is 4.09. The first-order valence-corrected chi connectivity index (χ1v) is 5.30. The largest absolute Gasteiger partial charge is 0.430 e. The number of hydrogen-bond acceptors (Lipinski definition) is 2. The summed E-state index contributed by atoms with van der Waals surface area (Å²) in [6.45, 7) is 4.04. The normalized spacial score (nSPS) is 15.0. The summed E-state index contributed by atoms with van der Waals surface area (Å²) in [6.07, 6.45) is 1.05. The second-order valence-electron chi connectivity index (χ2n) is 2.53. The van der Waals surface area contributed by atoms with Crippen molar-refractivity contribution in [2.75, 3.05) is 14.1 Å². The van der Waals surface area contributed by atoms with Gasteiger partial charge >= 0.3 is 0 Å². The standard InChI is InChI=1S/C6H16NOSi/c1-5-6(7(2)3)9(4)8/h6,8H,5H2,1-4H3. The summed E-state index contributed by atoms with van der Waals surface area (Å²) in [4.78, 5) is 11.3. The summed E-state index contributed by atoms with van der Waals surface area (Å²) in [7, 11) is 2.93. The van der Waals surface area contributed by atoms with Crippen LogP contribution in [0.2, 0.25) is 6.55 Å². The summed E-state index contributed by atoms with van der Waals surface area (Å²) < 4.78 is 0. The molecule has 0 aromatic carbocycles. The van der Waals surface area contributed by atoms with Crippen LogP contribution in [0, 0.1) is 0 Å². The van der Waals surface area contributed by atoms with Gasteiger partial charge in [0.2, 0.25) is 9.04 Å². The summed E-state index contributed by atoms with van der Waals surface area (Å²) in [5, 5.41) is 0. The van der Waals surface area contributed by atoms with Crippen LogP contribution in [-0.4, -0.2) is 38.5 Å². The molecule has 0 rings (SSSR count). The van der Waals surface area contributed by atoms with Gasteiger partial charge in [-0.05, 0) is 27.1 Å². The predicted octanol–water partition coefficient (Wildman–Crippen LogP) is 0.479. The summed E-state index contributed by atoms with van der Waals surface area (Å²) in [5.74, 6) is 0. The van der Waals surface area contributed by atoms with Crippen LogP contribution < -0.4 is 0 Å². The first-order valence-electron chi connectivity index (χ1n) is 3.28. The van der Waals surface area contributed by atoms with Crippen LogP contribution >= 0.6 is 0 Å². The molecule has 3 heteroatoms. The Labute approximate surface area is 59.2 Å². The lowest BCUT2D eigenvalue weighted by atomic mass is 10.4. The molecule has 0 amide bonds. The lowest BCUT2D eigenvalue weighted by Gasteiger charge is -2.23. The minimum absolute atomic E-state index is 0.412. The van der Waals surface area contributed by atoms with Crippen molar-refractivity contribution in [3.8, 4) is 0 Å². The van der Waals surface area contributed by atoms with Gasteiger partial charge in [0.15, 0.2) is 0 Å². The second-order valence-corrected chi connectivity index (χ2v) is 4.48. The van der Waals surface area contributed by atoms with Crippen LogP contribution in [0.4, 0.5) is 0 Å². The van der Waals surface area contributed by atoms with Crippen LogP contribution in [0.1, 0.15) is 13.3 Å². The Bertz CT molecular complexity index is 67.5. The topological polar surface area (TPSA) is 23.5 Å². The quantitative estimate of drug-likeness (QED) is 0.585. The van der Waals surface area contributed by atoms with Gasteiger partial charge in [0.05, 0.1) is 0 Å². The average molecular weight is 146 g/mol. The van der Waals surface area contributed by atoms with Gasteiger partial charge in [-0.25, -0.2) is 0 Å². The predicted molar refractivity (Wildman–Crippen MR) is 41.6 cm³/mol. The Hall–Kier alpha value is 0.137. The van der Waals surface area contributed by atoms with Gasteiger partial charge in [0, 0.05) is 5.67 Å². The lowest BCUT2D eigenvalue weighted by Crippen LogP contribution is -2.39. The minimum atomic E-state index is -1.10. The van der Waals surface area contributed by atoms with Crippen LogP contribution in [0.25, 0.3) is 0 Å². The first-order chi connectivity index (χ1) is 4.09. The maximum atomic E-state index is 9.24. The molecule has 2 nitrogen and oxygen atoms in total. The van der Waals surface area contributed by atoms with Gasteiger partial charge in [0.1, 0.15) is 0 Å². The fourth-order valence-corrected chi connectivity index (χ4v) is 2.37. The van der Waals surface area contributed by atoms with Crippen LogP contribution in [-0.2, 0) is 0 Å². The van der Waals surface area contributed by atoms with Crippen molar-refractivity contribution in [3.63, 3.8) is 0 Å². The van der Waals surface area contributed by atoms with E-state index >= 15 is 0 Å². The molecule has 0 aromatic rings. The summed E-state index contributed by atoms with van der Waals surface area (Å²) in [6, 6.07) is 0. The van der Waals surface area contributed by atoms with Gasteiger partial charge in [-0.2, -0.15) is 0 Å². The van der Waals surface area contributed by atoms with E-state index in [2.05, 4.69) is 11.8 Å². The van der Waals surface area contributed by atoms with E-state index in [1.54, 1.807) is 0 Å². The Morgan fingerprint density at radius 2 is 2.00 bits per heavy atom. The molecule has 0 fully saturated rings. The smallest absolute Gasteiger partial charge is 0.221 e. The molecule has 0 bridgehead atoms. The average Bonchev–Trinajstić information content (AvgIpc) is 1.64. The van der Waals surface area contributed by atoms with Crippen molar-refractivity contribution >= 4 is 9.04 Å². The molecule has 1 atom stereocenters. The molecule has 0 aromatic heterocycles. The molecule has 1 radical (unpaired) electrons. The SMILES string of the molecule is CCC(N(C)C)[Si](C)O. The van der Waals surface area contributed by atoms with E-state index < -0.39 is 9.04 Å². The highest BCUT2D eigenvalue weighted by Crippen LogP contribution is 2.00. The monoisotopic (exact) mass is 146 g/mol. The first kappa shape index (κ1) is 9.14. The highest BCUT2D eigenvalue weighted by atomic mass is 28.3. The molecule has 0 aliphatic heterocycles. The zero-order chi connectivity index (χ0) is 7.44. The molecule has 1 unspecified atom stereocenters. The van der Waals surface area contributed by atoms with E-state index in [-0.39, 0.29) is 0 Å². The van der Waals surface area contributed by atoms with Gasteiger partial charge in [-0.1, -0.05) is 6.92 Å². The van der Waals surface area contributed by atoms with E-state index in [1.807, 2.05) is 20.6 Å². The van der Waals surface area contributed by atoms with E-state index in [0.29, 0.717) is 5.67 Å². The molecular weight excluding hydrogens is 130 g/mol. The molecule has 0 heterocycles. The van der Waals surface area contributed by atoms with Crippen LogP contribution in [0.15, 0.2) is 0 Å². The second kappa shape index (κ2) is 4.03. The molecule has 55 valence electrons. The molecule has 0 aliphatic rings. The number of hydrogen-bond donors (Lipinski definition) is 1. The maximum absolute atomic E-state index is 9.24. The lowest BCUT2D eigenvalue weighted by molar-refractivity contribution is 0.335. The summed E-state index contributed by atoms with van der Waals surface area (Å²) >= 11 is 0. The summed E-state index contributed by atoms with van der Waals surface area (Å²) in [5.41, 5.74) is 0.412. The highest BCUT2D eigenvalue weighted by molar-refractivity contribution is 6.50. The van der Waals surface area contributed by atoms with E-state index in [1.165, 1.54) is 0 Å². The minimum Gasteiger partial charge on any atom is -0.430 e. The maximum Gasteiger partial charge on any atom is 0.221 e. The molecular formula is C6H16NOSi. The van der Waals surface area contributed by atoms with Crippen molar-refractivity contribution in [2.45, 2.75) is 25.6 Å². The Morgan fingerprint density at radius 1 is 1.56 bits per heavy atom. The van der Waals surface area contributed by atoms with Gasteiger partial charge in [-0.15, -0.1) is 0 Å². The van der Waals surface area contributed by atoms with Crippen molar-refractivity contribution in [2.24, 2.45) is 0 Å². The van der Waals surface area contributed by atoms with Crippen molar-refractivity contribution in [1.82, 2.24) is 4.90 Å². The van der Waals surface area contributed by atoms with Crippen molar-refractivity contribution < 1.29 is 4.80 Å². The van der Waals surface area contributed by atoms with Gasteiger partial charge in [0.25, 0.3) is 0 Å². The molecule has 9 heavy (non-hydrogen) atoms. The molecule has 0 aliphatic carbocycles. The molecule has 1 N–H and O–H groups in total. The molecule has 0 spiro atoms. The number of nitrogens with zero attached hydrogens (tertiary/aromatic N) is 1. The zero-order valence-corrected chi connectivity index (χ0v) is 7.68. The van der Waals surface area contributed by atoms with E-state index in [9.17, 15) is 4.80 Å². The Morgan fingerprint density at radius 3 is 2.00 bits per heavy atom. The third-order valence-electron chi connectivity index (χ3n) is 1.49. The van der Waals surface area contributed by atoms with Crippen LogP contribution in [0.5, 0.6) is 0 Å². The fraction of sp³-hybridized carbons (Fsp3) is 1.00. The molecule has 0 saturated carbocycles. The van der Waals surface area contributed by atoms with E-state index in [4.69, 9.17) is 0 Å². The highest BCUT2D eigenvalue weighted by Gasteiger charge is 2.16. The third-order valence-corrected chi connectivity index (χ3v) is 3.38. The van der Waals surface area contributed by atoms with Gasteiger partial charge in [-0.3, -0.25) is 0 Å². The van der Waals surface area contributed by atoms with Crippen molar-refractivity contribution in [1.29, 1.82) is 0 Å². The van der Waals surface area contributed by atoms with Crippen molar-refractivity contribution in [3.05, 3.63) is 0 Å². The zero-order valence-electron chi connectivity index (χ0n) is 6.68. The van der Waals surface area contributed by atoms with Gasteiger partial charge < -0.3 is 9.70 Å². The number of rotatable bonds is 3.